The summed E-state index contributed by atoms with van der Waals surface area (Å²) in [7, 11) is 1.93. The number of hydrogen-bond donors (Lipinski definition) is 0. The van der Waals surface area contributed by atoms with E-state index >= 15 is 0 Å². The van der Waals surface area contributed by atoms with Gasteiger partial charge in [-0.15, -0.1) is 0 Å². The van der Waals surface area contributed by atoms with Gasteiger partial charge in [0.25, 0.3) is 0 Å². The summed E-state index contributed by atoms with van der Waals surface area (Å²) in [6.07, 6.45) is 7.50. The molecule has 1 atom stereocenters. The SMILES string of the molecule is C=CC(=O)N(Cc1nccn1C)C1CC12CCN(C(=O)OC(C)(C)C)CC2. The Labute approximate surface area is 161 Å². The van der Waals surface area contributed by atoms with Crippen LogP contribution < -0.4 is 0 Å². The number of nitrogens with zero attached hydrogens (tertiary/aromatic N) is 4. The Bertz CT molecular complexity index is 726. The van der Waals surface area contributed by atoms with Crippen LogP contribution in [0.25, 0.3) is 0 Å². The van der Waals surface area contributed by atoms with Gasteiger partial charge >= 0.3 is 6.09 Å². The molecule has 2 amide bonds. The van der Waals surface area contributed by atoms with Gasteiger partial charge in [0.15, 0.2) is 0 Å². The van der Waals surface area contributed by atoms with Crippen molar-refractivity contribution in [1.29, 1.82) is 0 Å². The molecule has 7 heteroatoms. The number of hydrogen-bond acceptors (Lipinski definition) is 4. The molecule has 1 aliphatic carbocycles. The predicted octanol–water partition coefficient (Wildman–Crippen LogP) is 2.72. The number of imidazole rings is 1. The zero-order valence-electron chi connectivity index (χ0n) is 16.8. The number of carbonyl (C=O) groups excluding carboxylic acids is 2. The summed E-state index contributed by atoms with van der Waals surface area (Å²) in [6.45, 7) is 11.1. The molecule has 1 spiro atoms. The summed E-state index contributed by atoms with van der Waals surface area (Å²) in [4.78, 5) is 32.8. The van der Waals surface area contributed by atoms with Crippen molar-refractivity contribution < 1.29 is 14.3 Å². The van der Waals surface area contributed by atoms with Gasteiger partial charge in [0.2, 0.25) is 5.91 Å². The van der Waals surface area contributed by atoms with Crippen LogP contribution in [0.3, 0.4) is 0 Å². The highest BCUT2D eigenvalue weighted by Gasteiger charge is 2.58. The Morgan fingerprint density at radius 3 is 2.59 bits per heavy atom. The van der Waals surface area contributed by atoms with Gasteiger partial charge in [-0.1, -0.05) is 6.58 Å². The Hall–Kier alpha value is -2.31. The van der Waals surface area contributed by atoms with E-state index in [9.17, 15) is 9.59 Å². The van der Waals surface area contributed by atoms with E-state index in [1.807, 2.05) is 43.5 Å². The highest BCUT2D eigenvalue weighted by molar-refractivity contribution is 5.87. The molecule has 1 unspecified atom stereocenters. The molecule has 27 heavy (non-hydrogen) atoms. The number of rotatable bonds is 4. The van der Waals surface area contributed by atoms with Gasteiger partial charge in [-0.05, 0) is 51.5 Å². The lowest BCUT2D eigenvalue weighted by Crippen LogP contribution is -2.44. The second-order valence-electron chi connectivity index (χ2n) is 8.67. The highest BCUT2D eigenvalue weighted by Crippen LogP contribution is 2.57. The van der Waals surface area contributed by atoms with Crippen LogP contribution in [0.1, 0.15) is 45.9 Å². The van der Waals surface area contributed by atoms with E-state index in [-0.39, 0.29) is 23.5 Å². The fourth-order valence-electron chi connectivity index (χ4n) is 3.93. The Morgan fingerprint density at radius 1 is 1.41 bits per heavy atom. The van der Waals surface area contributed by atoms with Crippen LogP contribution in [0.15, 0.2) is 25.0 Å². The Kier molecular flexibility index (Phi) is 5.06. The molecule has 0 N–H and O–H groups in total. The topological polar surface area (TPSA) is 67.7 Å². The smallest absolute Gasteiger partial charge is 0.410 e. The molecule has 2 heterocycles. The Balaban J connectivity index is 1.63. The first-order valence-electron chi connectivity index (χ1n) is 9.52. The van der Waals surface area contributed by atoms with Crippen molar-refractivity contribution in [3.8, 4) is 0 Å². The summed E-state index contributed by atoms with van der Waals surface area (Å²) in [5, 5.41) is 0. The van der Waals surface area contributed by atoms with Crippen molar-refractivity contribution in [3.63, 3.8) is 0 Å². The molecule has 2 aliphatic rings. The predicted molar refractivity (Wildman–Crippen MR) is 102 cm³/mol. The van der Waals surface area contributed by atoms with Gasteiger partial charge in [0, 0.05) is 38.6 Å². The monoisotopic (exact) mass is 374 g/mol. The fraction of sp³-hybridized carbons (Fsp3) is 0.650. The molecular weight excluding hydrogens is 344 g/mol. The van der Waals surface area contributed by atoms with Gasteiger partial charge in [-0.3, -0.25) is 4.79 Å². The third kappa shape index (κ3) is 4.17. The van der Waals surface area contributed by atoms with Gasteiger partial charge in [0.1, 0.15) is 11.4 Å². The summed E-state index contributed by atoms with van der Waals surface area (Å²) >= 11 is 0. The van der Waals surface area contributed by atoms with Crippen LogP contribution in [0.5, 0.6) is 0 Å². The normalized spacial score (nSPS) is 21.0. The van der Waals surface area contributed by atoms with E-state index in [0.29, 0.717) is 19.6 Å². The minimum Gasteiger partial charge on any atom is -0.444 e. The van der Waals surface area contributed by atoms with Crippen molar-refractivity contribution in [2.45, 2.75) is 58.2 Å². The molecule has 0 aromatic carbocycles. The van der Waals surface area contributed by atoms with E-state index in [1.165, 1.54) is 6.08 Å². The number of aryl methyl sites for hydroxylation is 1. The molecule has 2 fully saturated rings. The number of carbonyl (C=O) groups is 2. The first kappa shape index (κ1) is 19.5. The average Bonchev–Trinajstić information content (AvgIpc) is 3.12. The summed E-state index contributed by atoms with van der Waals surface area (Å²) in [5.74, 6) is 0.799. The highest BCUT2D eigenvalue weighted by atomic mass is 16.6. The second-order valence-corrected chi connectivity index (χ2v) is 8.67. The number of ether oxygens (including phenoxy) is 1. The first-order valence-corrected chi connectivity index (χ1v) is 9.52. The minimum atomic E-state index is -0.483. The standard InChI is InChI=1S/C20H30N4O3/c1-6-17(25)24(14-16-21-9-12-22(16)5)15-13-20(15)7-10-23(11-8-20)18(26)27-19(2,3)4/h6,9,12,15H,1,7-8,10-11,13-14H2,2-5H3. The molecule has 1 aliphatic heterocycles. The molecule has 1 saturated carbocycles. The summed E-state index contributed by atoms with van der Waals surface area (Å²) in [6, 6.07) is 0.181. The van der Waals surface area contributed by atoms with E-state index in [4.69, 9.17) is 4.74 Å². The summed E-state index contributed by atoms with van der Waals surface area (Å²) in [5.41, 5.74) is -0.383. The van der Waals surface area contributed by atoms with Crippen molar-refractivity contribution in [2.24, 2.45) is 12.5 Å². The average molecular weight is 374 g/mol. The Morgan fingerprint density at radius 2 is 2.07 bits per heavy atom. The molecular formula is C20H30N4O3. The molecule has 7 nitrogen and oxygen atoms in total. The van der Waals surface area contributed by atoms with E-state index in [0.717, 1.165) is 25.1 Å². The third-order valence-electron chi connectivity index (χ3n) is 5.62. The number of piperidine rings is 1. The van der Waals surface area contributed by atoms with E-state index in [1.54, 1.807) is 11.1 Å². The first-order chi connectivity index (χ1) is 12.6. The quantitative estimate of drug-likeness (QED) is 0.760. The van der Waals surface area contributed by atoms with Crippen LogP contribution in [-0.4, -0.2) is 56.1 Å². The van der Waals surface area contributed by atoms with Crippen molar-refractivity contribution in [3.05, 3.63) is 30.9 Å². The maximum atomic E-state index is 12.5. The van der Waals surface area contributed by atoms with Gasteiger partial charge < -0.3 is 19.1 Å². The number of likely N-dealkylation sites (tertiary alicyclic amines) is 1. The van der Waals surface area contributed by atoms with Gasteiger partial charge in [0.05, 0.1) is 6.54 Å². The molecule has 1 aromatic heterocycles. The van der Waals surface area contributed by atoms with Crippen LogP contribution >= 0.6 is 0 Å². The second kappa shape index (κ2) is 7.02. The number of aromatic nitrogens is 2. The molecule has 3 rings (SSSR count). The van der Waals surface area contributed by atoms with Crippen LogP contribution in [-0.2, 0) is 23.1 Å². The van der Waals surface area contributed by atoms with Crippen LogP contribution in [0.4, 0.5) is 4.79 Å². The van der Waals surface area contributed by atoms with Crippen LogP contribution in [0, 0.1) is 5.41 Å². The molecule has 0 radical (unpaired) electrons. The maximum Gasteiger partial charge on any atom is 0.410 e. The fourth-order valence-corrected chi connectivity index (χ4v) is 3.93. The van der Waals surface area contributed by atoms with E-state index in [2.05, 4.69) is 11.6 Å². The molecule has 1 aromatic rings. The largest absolute Gasteiger partial charge is 0.444 e. The van der Waals surface area contributed by atoms with E-state index < -0.39 is 5.60 Å². The summed E-state index contributed by atoms with van der Waals surface area (Å²) < 4.78 is 7.41. The number of amides is 2. The van der Waals surface area contributed by atoms with Crippen LogP contribution in [0.2, 0.25) is 0 Å². The zero-order valence-corrected chi connectivity index (χ0v) is 16.8. The minimum absolute atomic E-state index is 0.0607. The van der Waals surface area contributed by atoms with Gasteiger partial charge in [-0.25, -0.2) is 9.78 Å². The zero-order chi connectivity index (χ0) is 19.8. The van der Waals surface area contributed by atoms with Crippen molar-refractivity contribution in [1.82, 2.24) is 19.4 Å². The lowest BCUT2D eigenvalue weighted by molar-refractivity contribution is -0.128. The maximum absolute atomic E-state index is 12.5. The van der Waals surface area contributed by atoms with Crippen molar-refractivity contribution in [2.75, 3.05) is 13.1 Å². The molecule has 0 bridgehead atoms. The van der Waals surface area contributed by atoms with Gasteiger partial charge in [-0.2, -0.15) is 0 Å². The lowest BCUT2D eigenvalue weighted by Gasteiger charge is -2.35. The third-order valence-corrected chi connectivity index (χ3v) is 5.62. The molecule has 148 valence electrons. The lowest BCUT2D eigenvalue weighted by atomic mass is 9.92. The molecule has 1 saturated heterocycles. The van der Waals surface area contributed by atoms with Crippen molar-refractivity contribution >= 4 is 12.0 Å².